The second kappa shape index (κ2) is 10.7. The summed E-state index contributed by atoms with van der Waals surface area (Å²) in [6.07, 6.45) is 0. The van der Waals surface area contributed by atoms with Crippen LogP contribution in [0.5, 0.6) is 11.5 Å². The Labute approximate surface area is 175 Å². The molecule has 0 bridgehead atoms. The lowest BCUT2D eigenvalue weighted by atomic mass is 10.1. The topological polar surface area (TPSA) is 73.9 Å². The van der Waals surface area contributed by atoms with Gasteiger partial charge in [0.05, 0.1) is 7.11 Å². The molecule has 154 valence electrons. The molecule has 3 aromatic carbocycles. The van der Waals surface area contributed by atoms with Gasteiger partial charge in [0.25, 0.3) is 5.91 Å². The molecule has 1 N–H and O–H groups in total. The lowest BCUT2D eigenvalue weighted by Gasteiger charge is -2.10. The molecular weight excluding hydrogens is 382 g/mol. The average Bonchev–Trinajstić information content (AvgIpc) is 2.81. The SMILES string of the molecule is COc1ccccc1CNC(=O)COC(=O)COc1ccc(-c2ccccc2)cc1. The Balaban J connectivity index is 1.39. The summed E-state index contributed by atoms with van der Waals surface area (Å²) >= 11 is 0. The van der Waals surface area contributed by atoms with Crippen LogP contribution in [0.2, 0.25) is 0 Å². The third-order valence-corrected chi connectivity index (χ3v) is 4.35. The highest BCUT2D eigenvalue weighted by molar-refractivity contribution is 5.81. The van der Waals surface area contributed by atoms with Crippen molar-refractivity contribution in [2.24, 2.45) is 0 Å². The maximum atomic E-state index is 11.9. The standard InChI is InChI=1S/C24H23NO5/c1-28-22-10-6-5-9-20(22)15-25-23(26)16-30-24(27)17-29-21-13-11-19(12-14-21)18-7-3-2-4-8-18/h2-14H,15-17H2,1H3,(H,25,26). The molecule has 0 aliphatic heterocycles. The van der Waals surface area contributed by atoms with Crippen LogP contribution in [0.15, 0.2) is 78.9 Å². The number of carbonyl (C=O) groups excluding carboxylic acids is 2. The smallest absolute Gasteiger partial charge is 0.344 e. The summed E-state index contributed by atoms with van der Waals surface area (Å²) in [5, 5.41) is 2.69. The molecule has 0 heterocycles. The van der Waals surface area contributed by atoms with Gasteiger partial charge in [-0.15, -0.1) is 0 Å². The molecule has 0 saturated carbocycles. The lowest BCUT2D eigenvalue weighted by Crippen LogP contribution is -2.29. The van der Waals surface area contributed by atoms with Crippen LogP contribution in [0.3, 0.4) is 0 Å². The number of rotatable bonds is 9. The number of carbonyl (C=O) groups is 2. The van der Waals surface area contributed by atoms with E-state index in [4.69, 9.17) is 14.2 Å². The van der Waals surface area contributed by atoms with E-state index in [0.29, 0.717) is 11.5 Å². The predicted octanol–water partition coefficient (Wildman–Crippen LogP) is 3.60. The van der Waals surface area contributed by atoms with Gasteiger partial charge in [0, 0.05) is 12.1 Å². The first-order valence-electron chi connectivity index (χ1n) is 9.48. The van der Waals surface area contributed by atoms with Crippen molar-refractivity contribution in [1.82, 2.24) is 5.32 Å². The zero-order chi connectivity index (χ0) is 21.2. The van der Waals surface area contributed by atoms with Crippen LogP contribution in [0, 0.1) is 0 Å². The van der Waals surface area contributed by atoms with Crippen molar-refractivity contribution in [2.45, 2.75) is 6.54 Å². The van der Waals surface area contributed by atoms with E-state index in [-0.39, 0.29) is 19.8 Å². The first kappa shape index (κ1) is 20.9. The van der Waals surface area contributed by atoms with E-state index in [1.165, 1.54) is 0 Å². The molecule has 0 radical (unpaired) electrons. The van der Waals surface area contributed by atoms with E-state index in [9.17, 15) is 9.59 Å². The number of benzene rings is 3. The van der Waals surface area contributed by atoms with Crippen molar-refractivity contribution in [1.29, 1.82) is 0 Å². The van der Waals surface area contributed by atoms with Gasteiger partial charge in [-0.1, -0.05) is 60.7 Å². The van der Waals surface area contributed by atoms with E-state index in [0.717, 1.165) is 16.7 Å². The van der Waals surface area contributed by atoms with E-state index >= 15 is 0 Å². The molecule has 3 rings (SSSR count). The number of ether oxygens (including phenoxy) is 3. The fourth-order valence-corrected chi connectivity index (χ4v) is 2.80. The minimum Gasteiger partial charge on any atom is -0.496 e. The lowest BCUT2D eigenvalue weighted by molar-refractivity contribution is -0.150. The first-order chi connectivity index (χ1) is 14.7. The molecule has 30 heavy (non-hydrogen) atoms. The Hall–Kier alpha value is -3.80. The maximum Gasteiger partial charge on any atom is 0.344 e. The highest BCUT2D eigenvalue weighted by atomic mass is 16.6. The van der Waals surface area contributed by atoms with E-state index in [1.54, 1.807) is 19.2 Å². The quantitative estimate of drug-likeness (QED) is 0.551. The fourth-order valence-electron chi connectivity index (χ4n) is 2.80. The predicted molar refractivity (Wildman–Crippen MR) is 113 cm³/mol. The summed E-state index contributed by atoms with van der Waals surface area (Å²) in [4.78, 5) is 23.7. The summed E-state index contributed by atoms with van der Waals surface area (Å²) in [6.45, 7) is -0.362. The fraction of sp³-hybridized carbons (Fsp3) is 0.167. The average molecular weight is 405 g/mol. The molecule has 6 heteroatoms. The normalized spacial score (nSPS) is 10.2. The zero-order valence-corrected chi connectivity index (χ0v) is 16.7. The Morgan fingerprint density at radius 1 is 0.800 bits per heavy atom. The number of nitrogens with one attached hydrogen (secondary N) is 1. The third-order valence-electron chi connectivity index (χ3n) is 4.35. The number of hydrogen-bond acceptors (Lipinski definition) is 5. The van der Waals surface area contributed by atoms with Crippen molar-refractivity contribution < 1.29 is 23.8 Å². The molecule has 0 saturated heterocycles. The number of amides is 1. The summed E-state index contributed by atoms with van der Waals surface area (Å²) < 4.78 is 15.6. The van der Waals surface area contributed by atoms with Gasteiger partial charge in [0.1, 0.15) is 11.5 Å². The largest absolute Gasteiger partial charge is 0.496 e. The van der Waals surface area contributed by atoms with Crippen LogP contribution < -0.4 is 14.8 Å². The second-order valence-corrected chi connectivity index (χ2v) is 6.43. The number of hydrogen-bond donors (Lipinski definition) is 1. The molecular formula is C24H23NO5. The van der Waals surface area contributed by atoms with Crippen molar-refractivity contribution in [2.75, 3.05) is 20.3 Å². The van der Waals surface area contributed by atoms with Crippen LogP contribution in [0.4, 0.5) is 0 Å². The first-order valence-corrected chi connectivity index (χ1v) is 9.48. The zero-order valence-electron chi connectivity index (χ0n) is 16.7. The molecule has 0 aliphatic rings. The van der Waals surface area contributed by atoms with E-state index in [2.05, 4.69) is 5.32 Å². The Morgan fingerprint density at radius 2 is 1.47 bits per heavy atom. The van der Waals surface area contributed by atoms with E-state index in [1.807, 2.05) is 66.7 Å². The van der Waals surface area contributed by atoms with Gasteiger partial charge in [-0.3, -0.25) is 4.79 Å². The molecule has 0 aliphatic carbocycles. The molecule has 1 amide bonds. The minimum atomic E-state index is -0.616. The molecule has 6 nitrogen and oxygen atoms in total. The number of esters is 1. The Bertz CT molecular complexity index is 970. The van der Waals surface area contributed by atoms with Crippen molar-refractivity contribution in [3.8, 4) is 22.6 Å². The molecule has 0 spiro atoms. The summed E-state index contributed by atoms with van der Waals surface area (Å²) in [6, 6.07) is 24.7. The van der Waals surface area contributed by atoms with Crippen molar-refractivity contribution in [3.63, 3.8) is 0 Å². The van der Waals surface area contributed by atoms with Crippen LogP contribution >= 0.6 is 0 Å². The molecule has 0 aromatic heterocycles. The molecule has 0 atom stereocenters. The minimum absolute atomic E-state index is 0.273. The van der Waals surface area contributed by atoms with E-state index < -0.39 is 11.9 Å². The van der Waals surface area contributed by atoms with Crippen molar-refractivity contribution in [3.05, 3.63) is 84.4 Å². The molecule has 0 fully saturated rings. The Morgan fingerprint density at radius 3 is 2.20 bits per heavy atom. The van der Waals surface area contributed by atoms with Crippen LogP contribution in [0.1, 0.15) is 5.56 Å². The Kier molecular flexibility index (Phi) is 7.44. The van der Waals surface area contributed by atoms with Gasteiger partial charge < -0.3 is 19.5 Å². The summed E-state index contributed by atoms with van der Waals surface area (Å²) in [5.74, 6) is 0.213. The van der Waals surface area contributed by atoms with Gasteiger partial charge in [-0.25, -0.2) is 4.79 Å². The van der Waals surface area contributed by atoms with Crippen LogP contribution in [-0.2, 0) is 20.9 Å². The highest BCUT2D eigenvalue weighted by Gasteiger charge is 2.10. The second-order valence-electron chi connectivity index (χ2n) is 6.43. The van der Waals surface area contributed by atoms with Crippen LogP contribution in [0.25, 0.3) is 11.1 Å². The van der Waals surface area contributed by atoms with Gasteiger partial charge in [0.2, 0.25) is 0 Å². The van der Waals surface area contributed by atoms with Crippen LogP contribution in [-0.4, -0.2) is 32.2 Å². The molecule has 3 aromatic rings. The third kappa shape index (κ3) is 6.10. The van der Waals surface area contributed by atoms with Gasteiger partial charge in [0.15, 0.2) is 13.2 Å². The number of methoxy groups -OCH3 is 1. The summed E-state index contributed by atoms with van der Waals surface area (Å²) in [5.41, 5.74) is 2.99. The van der Waals surface area contributed by atoms with Crippen molar-refractivity contribution >= 4 is 11.9 Å². The maximum absolute atomic E-state index is 11.9. The molecule has 0 unspecified atom stereocenters. The highest BCUT2D eigenvalue weighted by Crippen LogP contribution is 2.22. The number of para-hydroxylation sites is 1. The van der Waals surface area contributed by atoms with Gasteiger partial charge in [-0.2, -0.15) is 0 Å². The van der Waals surface area contributed by atoms with Gasteiger partial charge in [-0.05, 0) is 29.3 Å². The summed E-state index contributed by atoms with van der Waals surface area (Å²) in [7, 11) is 1.57. The van der Waals surface area contributed by atoms with Gasteiger partial charge >= 0.3 is 5.97 Å². The monoisotopic (exact) mass is 405 g/mol.